The molecule has 2 rings (SSSR count). The van der Waals surface area contributed by atoms with Crippen molar-refractivity contribution in [2.45, 2.75) is 44.6 Å². The van der Waals surface area contributed by atoms with Crippen LogP contribution in [0.2, 0.25) is 0 Å². The number of rotatable bonds is 4. The third-order valence-electron chi connectivity index (χ3n) is 3.86. The predicted octanol–water partition coefficient (Wildman–Crippen LogP) is 2.44. The average molecular weight is 312 g/mol. The maximum atomic E-state index is 14.0. The van der Waals surface area contributed by atoms with E-state index in [1.54, 1.807) is 19.1 Å². The number of aryl methyl sites for hydroxylation is 1. The lowest BCUT2D eigenvalue weighted by Gasteiger charge is -2.41. The SMILES string of the molecule is CC(=O)Nc1ccc(C)c(NC(=O)C(F)(F)C2(O)CCC2)c1. The lowest BCUT2D eigenvalue weighted by Crippen LogP contribution is -2.59. The number of hydrogen-bond donors (Lipinski definition) is 3. The monoisotopic (exact) mass is 312 g/mol. The number of alkyl halides is 2. The summed E-state index contributed by atoms with van der Waals surface area (Å²) in [7, 11) is 0. The summed E-state index contributed by atoms with van der Waals surface area (Å²) in [4.78, 5) is 22.9. The van der Waals surface area contributed by atoms with E-state index in [-0.39, 0.29) is 24.4 Å². The van der Waals surface area contributed by atoms with Crippen LogP contribution < -0.4 is 10.6 Å². The van der Waals surface area contributed by atoms with Crippen molar-refractivity contribution in [2.24, 2.45) is 0 Å². The van der Waals surface area contributed by atoms with Gasteiger partial charge >= 0.3 is 5.92 Å². The second-order valence-electron chi connectivity index (χ2n) is 5.62. The Hall–Kier alpha value is -2.02. The summed E-state index contributed by atoms with van der Waals surface area (Å²) in [6.45, 7) is 2.96. The number of aliphatic hydroxyl groups is 1. The van der Waals surface area contributed by atoms with Gasteiger partial charge in [0.25, 0.3) is 5.91 Å². The Labute approximate surface area is 126 Å². The van der Waals surface area contributed by atoms with E-state index in [2.05, 4.69) is 10.6 Å². The Morgan fingerprint density at radius 1 is 1.27 bits per heavy atom. The molecule has 120 valence electrons. The summed E-state index contributed by atoms with van der Waals surface area (Å²) in [5, 5.41) is 14.4. The van der Waals surface area contributed by atoms with Gasteiger partial charge in [0.05, 0.1) is 0 Å². The van der Waals surface area contributed by atoms with Crippen molar-refractivity contribution in [3.63, 3.8) is 0 Å². The van der Waals surface area contributed by atoms with Crippen LogP contribution in [0, 0.1) is 6.92 Å². The molecule has 0 aliphatic heterocycles. The second kappa shape index (κ2) is 5.64. The number of anilines is 2. The molecule has 0 unspecified atom stereocenters. The topological polar surface area (TPSA) is 78.4 Å². The van der Waals surface area contributed by atoms with Crippen LogP contribution in [0.15, 0.2) is 18.2 Å². The Morgan fingerprint density at radius 2 is 1.91 bits per heavy atom. The fraction of sp³-hybridized carbons (Fsp3) is 0.467. The van der Waals surface area contributed by atoms with E-state index in [9.17, 15) is 23.5 Å². The number of carbonyl (C=O) groups is 2. The molecule has 0 saturated heterocycles. The number of benzene rings is 1. The van der Waals surface area contributed by atoms with Gasteiger partial charge in [-0.05, 0) is 43.9 Å². The highest BCUT2D eigenvalue weighted by atomic mass is 19.3. The number of amides is 2. The zero-order valence-electron chi connectivity index (χ0n) is 12.4. The number of carbonyl (C=O) groups excluding carboxylic acids is 2. The van der Waals surface area contributed by atoms with Crippen LogP contribution in [-0.4, -0.2) is 28.4 Å². The molecule has 0 radical (unpaired) electrons. The van der Waals surface area contributed by atoms with Gasteiger partial charge in [0, 0.05) is 18.3 Å². The fourth-order valence-corrected chi connectivity index (χ4v) is 2.28. The Kier molecular flexibility index (Phi) is 4.19. The van der Waals surface area contributed by atoms with E-state index < -0.39 is 17.4 Å². The van der Waals surface area contributed by atoms with Gasteiger partial charge in [0.1, 0.15) is 5.60 Å². The van der Waals surface area contributed by atoms with Crippen LogP contribution in [0.25, 0.3) is 0 Å². The first kappa shape index (κ1) is 16.4. The molecule has 0 spiro atoms. The van der Waals surface area contributed by atoms with Gasteiger partial charge in [0.2, 0.25) is 5.91 Å². The molecule has 1 aliphatic rings. The van der Waals surface area contributed by atoms with Crippen LogP contribution in [-0.2, 0) is 9.59 Å². The number of halogens is 2. The molecular formula is C15H18F2N2O3. The van der Waals surface area contributed by atoms with Gasteiger partial charge in [-0.3, -0.25) is 9.59 Å². The highest BCUT2D eigenvalue weighted by molar-refractivity contribution is 5.98. The molecule has 0 atom stereocenters. The first-order valence-corrected chi connectivity index (χ1v) is 6.95. The summed E-state index contributed by atoms with van der Waals surface area (Å²) in [6, 6.07) is 4.59. The lowest BCUT2D eigenvalue weighted by molar-refractivity contribution is -0.212. The van der Waals surface area contributed by atoms with Crippen molar-refractivity contribution in [3.05, 3.63) is 23.8 Å². The highest BCUT2D eigenvalue weighted by Gasteiger charge is 2.61. The van der Waals surface area contributed by atoms with Gasteiger partial charge in [-0.2, -0.15) is 8.78 Å². The quantitative estimate of drug-likeness (QED) is 0.799. The molecule has 5 nitrogen and oxygen atoms in total. The minimum absolute atomic E-state index is 0.0989. The van der Waals surface area contributed by atoms with Crippen molar-refractivity contribution in [1.82, 2.24) is 0 Å². The Balaban J connectivity index is 2.19. The van der Waals surface area contributed by atoms with Gasteiger partial charge in [0.15, 0.2) is 0 Å². The summed E-state index contributed by atoms with van der Waals surface area (Å²) >= 11 is 0. The molecule has 22 heavy (non-hydrogen) atoms. The third-order valence-corrected chi connectivity index (χ3v) is 3.86. The zero-order chi connectivity index (χ0) is 16.5. The Morgan fingerprint density at radius 3 is 2.41 bits per heavy atom. The van der Waals surface area contributed by atoms with Crippen LogP contribution in [0.4, 0.5) is 20.2 Å². The number of nitrogens with one attached hydrogen (secondary N) is 2. The summed E-state index contributed by atoms with van der Waals surface area (Å²) < 4.78 is 28.1. The molecule has 0 heterocycles. The van der Waals surface area contributed by atoms with Gasteiger partial charge in [-0.1, -0.05) is 6.07 Å². The van der Waals surface area contributed by atoms with Crippen LogP contribution >= 0.6 is 0 Å². The normalized spacial score (nSPS) is 16.6. The lowest BCUT2D eigenvalue weighted by atomic mass is 9.75. The standard InChI is InChI=1S/C15H18F2N2O3/c1-9-4-5-11(18-10(2)20)8-12(9)19-13(21)15(16,17)14(22)6-3-7-14/h4-5,8,22H,3,6-7H2,1-2H3,(H,18,20)(H,19,21). The molecule has 1 saturated carbocycles. The molecule has 1 aromatic carbocycles. The van der Waals surface area contributed by atoms with Crippen molar-refractivity contribution >= 4 is 23.2 Å². The molecule has 3 N–H and O–H groups in total. The average Bonchev–Trinajstić information content (AvgIpc) is 2.38. The molecule has 7 heteroatoms. The molecule has 2 amide bonds. The largest absolute Gasteiger partial charge is 0.383 e. The third kappa shape index (κ3) is 2.94. The first-order chi connectivity index (χ1) is 10.2. The zero-order valence-corrected chi connectivity index (χ0v) is 12.4. The van der Waals surface area contributed by atoms with Crippen LogP contribution in [0.1, 0.15) is 31.7 Å². The smallest absolute Gasteiger partial charge is 0.352 e. The summed E-state index contributed by atoms with van der Waals surface area (Å²) in [5.41, 5.74) is -1.14. The molecule has 1 aromatic rings. The van der Waals surface area contributed by atoms with E-state index in [0.29, 0.717) is 17.7 Å². The minimum Gasteiger partial charge on any atom is -0.383 e. The molecular weight excluding hydrogens is 294 g/mol. The maximum Gasteiger partial charge on any atom is 0.352 e. The fourth-order valence-electron chi connectivity index (χ4n) is 2.28. The summed E-state index contributed by atoms with van der Waals surface area (Å²) in [6.07, 6.45) is 0.271. The van der Waals surface area contributed by atoms with Crippen LogP contribution in [0.5, 0.6) is 0 Å². The van der Waals surface area contributed by atoms with Crippen molar-refractivity contribution in [2.75, 3.05) is 10.6 Å². The Bertz CT molecular complexity index is 613. The van der Waals surface area contributed by atoms with Crippen molar-refractivity contribution < 1.29 is 23.5 Å². The van der Waals surface area contributed by atoms with E-state index in [1.807, 2.05) is 0 Å². The van der Waals surface area contributed by atoms with Crippen molar-refractivity contribution in [1.29, 1.82) is 0 Å². The van der Waals surface area contributed by atoms with Gasteiger partial charge in [-0.25, -0.2) is 0 Å². The summed E-state index contributed by atoms with van der Waals surface area (Å²) in [5.74, 6) is -5.71. The second-order valence-corrected chi connectivity index (χ2v) is 5.62. The maximum absolute atomic E-state index is 14.0. The van der Waals surface area contributed by atoms with E-state index >= 15 is 0 Å². The molecule has 0 aromatic heterocycles. The van der Waals surface area contributed by atoms with Crippen LogP contribution in [0.3, 0.4) is 0 Å². The van der Waals surface area contributed by atoms with Gasteiger partial charge < -0.3 is 15.7 Å². The van der Waals surface area contributed by atoms with E-state index in [0.717, 1.165) is 0 Å². The molecule has 0 bridgehead atoms. The van der Waals surface area contributed by atoms with E-state index in [4.69, 9.17) is 0 Å². The van der Waals surface area contributed by atoms with Crippen molar-refractivity contribution in [3.8, 4) is 0 Å². The molecule has 1 aliphatic carbocycles. The first-order valence-electron chi connectivity index (χ1n) is 6.95. The predicted molar refractivity (Wildman–Crippen MR) is 77.9 cm³/mol. The minimum atomic E-state index is -3.86. The molecule has 1 fully saturated rings. The van der Waals surface area contributed by atoms with E-state index in [1.165, 1.54) is 13.0 Å². The van der Waals surface area contributed by atoms with Gasteiger partial charge in [-0.15, -0.1) is 0 Å². The highest BCUT2D eigenvalue weighted by Crippen LogP contribution is 2.44. The number of hydrogen-bond acceptors (Lipinski definition) is 3.